The van der Waals surface area contributed by atoms with E-state index in [1.54, 1.807) is 6.20 Å². The van der Waals surface area contributed by atoms with Crippen molar-refractivity contribution in [2.75, 3.05) is 38.1 Å². The highest BCUT2D eigenvalue weighted by Gasteiger charge is 2.35. The molecule has 1 saturated heterocycles. The second-order valence-corrected chi connectivity index (χ2v) is 8.14. The number of piperazine rings is 1. The number of H-pyrrole nitrogens is 1. The maximum atomic E-state index is 13.2. The number of likely N-dealkylation sites (N-methyl/N-ethyl adjacent to an activating group) is 1. The first-order valence-electron chi connectivity index (χ1n) is 12.2. The van der Waals surface area contributed by atoms with Crippen LogP contribution in [0, 0.1) is 0 Å². The minimum atomic E-state index is -2.15. The number of fused-ring (bicyclic) bond motifs is 2. The van der Waals surface area contributed by atoms with E-state index in [9.17, 15) is 9.59 Å². The van der Waals surface area contributed by atoms with Crippen molar-refractivity contribution in [1.82, 2.24) is 25.2 Å². The molecule has 2 aromatic heterocycles. The third-order valence-corrected chi connectivity index (χ3v) is 6.18. The molecule has 4 heterocycles. The number of carbonyl (C=O) groups is 2. The second kappa shape index (κ2) is 7.53. The van der Waals surface area contributed by atoms with Gasteiger partial charge >= 0.3 is 0 Å². The molecule has 164 valence electrons. The summed E-state index contributed by atoms with van der Waals surface area (Å²) >= 11 is 0. The Morgan fingerprint density at radius 1 is 0.879 bits per heavy atom. The number of hydrogen-bond donors (Lipinski definition) is 2. The van der Waals surface area contributed by atoms with Crippen molar-refractivity contribution in [1.29, 1.82) is 0 Å². The van der Waals surface area contributed by atoms with E-state index in [1.807, 2.05) is 53.4 Å². The molecular weight excluding hydrogens is 417 g/mol. The normalized spacial score (nSPS) is 19.2. The summed E-state index contributed by atoms with van der Waals surface area (Å²) in [5, 5.41) is 3.93. The number of para-hydroxylation sites is 2. The van der Waals surface area contributed by atoms with Crippen LogP contribution in [0.1, 0.15) is 15.4 Å². The van der Waals surface area contributed by atoms with Crippen molar-refractivity contribution in [3.63, 3.8) is 0 Å². The number of nitrogens with one attached hydrogen (secondary N) is 2. The number of rotatable bonds is 3. The van der Waals surface area contributed by atoms with Crippen LogP contribution < -0.4 is 10.2 Å². The number of nitrogens with zero attached hydrogens (tertiary/aromatic N) is 4. The highest BCUT2D eigenvalue weighted by molar-refractivity contribution is 6.50. The van der Waals surface area contributed by atoms with Gasteiger partial charge in [0.25, 0.3) is 11.8 Å². The molecule has 33 heavy (non-hydrogen) atoms. The average molecular weight is 443 g/mol. The van der Waals surface area contributed by atoms with Crippen LogP contribution in [0.5, 0.6) is 0 Å². The largest absolute Gasteiger partial charge is 0.361 e. The van der Waals surface area contributed by atoms with Crippen molar-refractivity contribution in [2.45, 2.75) is 0 Å². The van der Waals surface area contributed by atoms with Crippen LogP contribution in [0.15, 0.2) is 54.7 Å². The molecule has 8 nitrogen and oxygen atoms in total. The van der Waals surface area contributed by atoms with Crippen LogP contribution in [0.4, 0.5) is 5.95 Å². The number of amides is 2. The SMILES string of the molecule is [2H][13C]([2H])([2H])N1CCN(c2nc(C3=C(c4c[nH]c5ccccc45)C(=O)NC3=O)c3ccccc3n2)CC1. The molecule has 0 atom stereocenters. The molecule has 0 bridgehead atoms. The monoisotopic (exact) mass is 442 g/mol. The summed E-state index contributed by atoms with van der Waals surface area (Å²) in [4.78, 5) is 42.3. The third kappa shape index (κ3) is 3.18. The Kier molecular flexibility index (Phi) is 3.78. The Bertz CT molecular complexity index is 1570. The fourth-order valence-electron chi connectivity index (χ4n) is 4.52. The summed E-state index contributed by atoms with van der Waals surface area (Å²) < 4.78 is 23.0. The van der Waals surface area contributed by atoms with Gasteiger partial charge < -0.3 is 14.8 Å². The molecule has 4 aromatic rings. The van der Waals surface area contributed by atoms with E-state index in [0.29, 0.717) is 54.3 Å². The molecule has 2 aromatic carbocycles. The molecule has 2 aliphatic heterocycles. The van der Waals surface area contributed by atoms with E-state index in [4.69, 9.17) is 14.1 Å². The lowest BCUT2D eigenvalue weighted by atomic mass is 9.97. The van der Waals surface area contributed by atoms with Gasteiger partial charge in [-0.1, -0.05) is 36.4 Å². The lowest BCUT2D eigenvalue weighted by molar-refractivity contribution is -0.122. The average Bonchev–Trinajstić information content (AvgIpc) is 3.42. The first kappa shape index (κ1) is 16.6. The topological polar surface area (TPSA) is 94.2 Å². The minimum Gasteiger partial charge on any atom is -0.361 e. The standard InChI is InChI=1S/C25H22N6O2/c1-30-10-12-31(13-11-30)25-27-19-9-5-3-7-16(19)22(28-25)21-20(23(32)29-24(21)33)17-14-26-18-8-4-2-6-15(17)18/h2-9,14,26H,10-13H2,1H3,(H,29,32,33)/i1+1D3. The van der Waals surface area contributed by atoms with Gasteiger partial charge in [0.15, 0.2) is 0 Å². The van der Waals surface area contributed by atoms with Gasteiger partial charge in [-0.25, -0.2) is 9.97 Å². The lowest BCUT2D eigenvalue weighted by Gasteiger charge is -2.32. The summed E-state index contributed by atoms with van der Waals surface area (Å²) in [5.74, 6) is -0.593. The fourth-order valence-corrected chi connectivity index (χ4v) is 4.52. The Morgan fingerprint density at radius 3 is 2.42 bits per heavy atom. The van der Waals surface area contributed by atoms with Crippen molar-refractivity contribution >= 4 is 50.7 Å². The molecular formula is C25H22N6O2. The van der Waals surface area contributed by atoms with Crippen LogP contribution in [-0.4, -0.2) is 64.8 Å². The first-order chi connectivity index (χ1) is 17.3. The van der Waals surface area contributed by atoms with Crippen LogP contribution in [-0.2, 0) is 9.59 Å². The minimum absolute atomic E-state index is 0.200. The molecule has 0 radical (unpaired) electrons. The van der Waals surface area contributed by atoms with E-state index in [1.165, 1.54) is 4.90 Å². The summed E-state index contributed by atoms with van der Waals surface area (Å²) in [6.45, 7) is -0.622. The summed E-state index contributed by atoms with van der Waals surface area (Å²) in [5.41, 5.74) is 2.95. The highest BCUT2D eigenvalue weighted by Crippen LogP contribution is 2.37. The molecule has 1 fully saturated rings. The van der Waals surface area contributed by atoms with E-state index in [2.05, 4.69) is 10.3 Å². The molecule has 0 saturated carbocycles. The Balaban J connectivity index is 1.52. The molecule has 6 rings (SSSR count). The second-order valence-electron chi connectivity index (χ2n) is 8.14. The zero-order valence-corrected chi connectivity index (χ0v) is 17.6. The first-order valence-corrected chi connectivity index (χ1v) is 10.7. The predicted octanol–water partition coefficient (Wildman–Crippen LogP) is 2.43. The Hall–Kier alpha value is -4.04. The summed E-state index contributed by atoms with van der Waals surface area (Å²) in [6, 6.07) is 14.9. The molecule has 8 heteroatoms. The predicted molar refractivity (Wildman–Crippen MR) is 128 cm³/mol. The molecule has 0 unspecified atom stereocenters. The number of aromatic nitrogens is 3. The van der Waals surface area contributed by atoms with Crippen molar-refractivity contribution < 1.29 is 13.7 Å². The van der Waals surface area contributed by atoms with E-state index >= 15 is 0 Å². The maximum Gasteiger partial charge on any atom is 0.261 e. The smallest absolute Gasteiger partial charge is 0.261 e. The number of imide groups is 1. The zero-order chi connectivity index (χ0) is 25.0. The zero-order valence-electron chi connectivity index (χ0n) is 20.6. The summed E-state index contributed by atoms with van der Waals surface area (Å²) in [6.07, 6.45) is 1.73. The lowest BCUT2D eigenvalue weighted by Crippen LogP contribution is -2.45. The molecule has 2 amide bonds. The van der Waals surface area contributed by atoms with E-state index in [-0.39, 0.29) is 11.1 Å². The van der Waals surface area contributed by atoms with Gasteiger partial charge in [-0.2, -0.15) is 0 Å². The maximum absolute atomic E-state index is 13.2. The number of benzene rings is 2. The quantitative estimate of drug-likeness (QED) is 0.374. The number of anilines is 1. The van der Waals surface area contributed by atoms with E-state index in [0.717, 1.165) is 10.9 Å². The molecule has 0 aliphatic carbocycles. The van der Waals surface area contributed by atoms with E-state index < -0.39 is 18.8 Å². The summed E-state index contributed by atoms with van der Waals surface area (Å²) in [7, 11) is 0. The van der Waals surface area contributed by atoms with Gasteiger partial charge in [0.1, 0.15) is 0 Å². The van der Waals surface area contributed by atoms with Crippen LogP contribution in [0.3, 0.4) is 0 Å². The van der Waals surface area contributed by atoms with Gasteiger partial charge in [0, 0.05) is 58.3 Å². The number of carbonyl (C=O) groups excluding carboxylic acids is 2. The number of aromatic amines is 1. The molecule has 2 N–H and O–H groups in total. The molecule has 0 spiro atoms. The van der Waals surface area contributed by atoms with Crippen molar-refractivity contribution in [2.24, 2.45) is 0 Å². The van der Waals surface area contributed by atoms with Gasteiger partial charge in [0.2, 0.25) is 5.95 Å². The third-order valence-electron chi connectivity index (χ3n) is 6.18. The highest BCUT2D eigenvalue weighted by atomic mass is 16.2. The van der Waals surface area contributed by atoms with Crippen molar-refractivity contribution in [3.05, 3.63) is 66.0 Å². The fraction of sp³-hybridized carbons (Fsp3) is 0.200. The van der Waals surface area contributed by atoms with Crippen LogP contribution in [0.2, 0.25) is 0 Å². The van der Waals surface area contributed by atoms with Gasteiger partial charge in [-0.3, -0.25) is 14.9 Å². The Labute approximate surface area is 194 Å². The van der Waals surface area contributed by atoms with Gasteiger partial charge in [-0.15, -0.1) is 0 Å². The Morgan fingerprint density at radius 2 is 1.61 bits per heavy atom. The molecule has 2 aliphatic rings. The van der Waals surface area contributed by atoms with Gasteiger partial charge in [-0.05, 0) is 19.1 Å². The number of hydrogen-bond acceptors (Lipinski definition) is 6. The van der Waals surface area contributed by atoms with Gasteiger partial charge in [0.05, 0.1) is 22.4 Å². The van der Waals surface area contributed by atoms with Crippen LogP contribution in [0.25, 0.3) is 33.0 Å². The van der Waals surface area contributed by atoms with Crippen LogP contribution >= 0.6 is 0 Å². The van der Waals surface area contributed by atoms with Crippen molar-refractivity contribution in [3.8, 4) is 0 Å².